The van der Waals surface area contributed by atoms with Crippen LogP contribution in [-0.4, -0.2) is 33.6 Å². The van der Waals surface area contributed by atoms with Crippen LogP contribution in [0.3, 0.4) is 0 Å². The summed E-state index contributed by atoms with van der Waals surface area (Å²) >= 11 is 0. The van der Waals surface area contributed by atoms with E-state index in [1.54, 1.807) is 14.0 Å². The summed E-state index contributed by atoms with van der Waals surface area (Å²) in [6, 6.07) is 5.61. The molecule has 4 nitrogen and oxygen atoms in total. The second kappa shape index (κ2) is 7.09. The van der Waals surface area contributed by atoms with Crippen LogP contribution in [-0.2, 0) is 9.84 Å². The molecule has 20 heavy (non-hydrogen) atoms. The van der Waals surface area contributed by atoms with E-state index in [1.807, 2.05) is 25.1 Å². The molecule has 0 aromatic heterocycles. The SMILES string of the molecule is CCCNC(c1ccc(OC)c(C)c1)C(C)S(C)(=O)=O. The molecule has 0 heterocycles. The van der Waals surface area contributed by atoms with Gasteiger partial charge in [0.05, 0.1) is 12.4 Å². The largest absolute Gasteiger partial charge is 0.496 e. The number of ether oxygens (including phenoxy) is 1. The Bertz CT molecular complexity index is 540. The van der Waals surface area contributed by atoms with Crippen LogP contribution in [0.1, 0.15) is 37.4 Å². The smallest absolute Gasteiger partial charge is 0.151 e. The number of methoxy groups -OCH3 is 1. The number of rotatable bonds is 7. The zero-order chi connectivity index (χ0) is 15.3. The van der Waals surface area contributed by atoms with Crippen LogP contribution in [0, 0.1) is 6.92 Å². The van der Waals surface area contributed by atoms with Gasteiger partial charge in [-0.3, -0.25) is 0 Å². The molecule has 5 heteroatoms. The predicted molar refractivity (Wildman–Crippen MR) is 83.1 cm³/mol. The normalized spacial score (nSPS) is 14.8. The predicted octanol–water partition coefficient (Wildman–Crippen LogP) is 2.48. The highest BCUT2D eigenvalue weighted by atomic mass is 32.2. The Hall–Kier alpha value is -1.07. The van der Waals surface area contributed by atoms with E-state index in [0.29, 0.717) is 0 Å². The fourth-order valence-electron chi connectivity index (χ4n) is 2.20. The first-order valence-electron chi connectivity index (χ1n) is 6.88. The summed E-state index contributed by atoms with van der Waals surface area (Å²) in [5.41, 5.74) is 1.99. The molecule has 2 atom stereocenters. The molecule has 1 N–H and O–H groups in total. The van der Waals surface area contributed by atoms with Gasteiger partial charge < -0.3 is 10.1 Å². The van der Waals surface area contributed by atoms with Crippen molar-refractivity contribution in [2.75, 3.05) is 19.9 Å². The van der Waals surface area contributed by atoms with Crippen LogP contribution in [0.4, 0.5) is 0 Å². The molecular formula is C15H25NO3S. The van der Waals surface area contributed by atoms with E-state index >= 15 is 0 Å². The maximum absolute atomic E-state index is 11.9. The van der Waals surface area contributed by atoms with Gasteiger partial charge in [-0.05, 0) is 44.0 Å². The molecule has 0 amide bonds. The van der Waals surface area contributed by atoms with Crippen molar-refractivity contribution in [3.8, 4) is 5.75 Å². The summed E-state index contributed by atoms with van der Waals surface area (Å²) in [5, 5.41) is 2.87. The van der Waals surface area contributed by atoms with Crippen molar-refractivity contribution >= 4 is 9.84 Å². The number of aryl methyl sites for hydroxylation is 1. The van der Waals surface area contributed by atoms with Crippen molar-refractivity contribution in [2.45, 2.75) is 38.5 Å². The van der Waals surface area contributed by atoms with Gasteiger partial charge in [-0.2, -0.15) is 0 Å². The number of nitrogens with one attached hydrogen (secondary N) is 1. The average molecular weight is 299 g/mol. The molecule has 1 aromatic carbocycles. The minimum Gasteiger partial charge on any atom is -0.496 e. The molecule has 1 rings (SSSR count). The molecule has 0 radical (unpaired) electrons. The summed E-state index contributed by atoms with van der Waals surface area (Å²) in [4.78, 5) is 0. The monoisotopic (exact) mass is 299 g/mol. The van der Waals surface area contributed by atoms with Crippen molar-refractivity contribution in [2.24, 2.45) is 0 Å². The lowest BCUT2D eigenvalue weighted by atomic mass is 10.0. The molecule has 1 aromatic rings. The van der Waals surface area contributed by atoms with Gasteiger partial charge in [0, 0.05) is 12.3 Å². The summed E-state index contributed by atoms with van der Waals surface area (Å²) in [6.07, 6.45) is 2.25. The lowest BCUT2D eigenvalue weighted by molar-refractivity contribution is 0.411. The maximum Gasteiger partial charge on any atom is 0.151 e. The van der Waals surface area contributed by atoms with E-state index in [-0.39, 0.29) is 6.04 Å². The Balaban J connectivity index is 3.13. The third-order valence-electron chi connectivity index (χ3n) is 3.54. The van der Waals surface area contributed by atoms with Crippen LogP contribution in [0.15, 0.2) is 18.2 Å². The zero-order valence-electron chi connectivity index (χ0n) is 12.9. The lowest BCUT2D eigenvalue weighted by Gasteiger charge is -2.25. The Kier molecular flexibility index (Phi) is 6.02. The zero-order valence-corrected chi connectivity index (χ0v) is 13.8. The minimum absolute atomic E-state index is 0.199. The molecule has 0 saturated heterocycles. The number of benzene rings is 1. The van der Waals surface area contributed by atoms with E-state index in [9.17, 15) is 8.42 Å². The summed E-state index contributed by atoms with van der Waals surface area (Å²) < 4.78 is 29.0. The standard InChI is InChI=1S/C15H25NO3S/c1-6-9-16-15(12(3)20(5,17)18)13-7-8-14(19-4)11(2)10-13/h7-8,10,12,15-16H,6,9H2,1-5H3. The van der Waals surface area contributed by atoms with E-state index in [2.05, 4.69) is 12.2 Å². The highest BCUT2D eigenvalue weighted by molar-refractivity contribution is 7.91. The number of sulfone groups is 1. The fourth-order valence-corrected chi connectivity index (χ4v) is 2.94. The van der Waals surface area contributed by atoms with E-state index in [0.717, 1.165) is 29.8 Å². The second-order valence-electron chi connectivity index (χ2n) is 5.20. The summed E-state index contributed by atoms with van der Waals surface area (Å²) in [7, 11) is -1.47. The second-order valence-corrected chi connectivity index (χ2v) is 7.60. The Morgan fingerprint density at radius 2 is 2.00 bits per heavy atom. The first-order valence-corrected chi connectivity index (χ1v) is 8.83. The van der Waals surface area contributed by atoms with Gasteiger partial charge in [-0.1, -0.05) is 19.1 Å². The van der Waals surface area contributed by atoms with Gasteiger partial charge in [0.15, 0.2) is 9.84 Å². The molecule has 0 bridgehead atoms. The van der Waals surface area contributed by atoms with Gasteiger partial charge in [-0.25, -0.2) is 8.42 Å². The summed E-state index contributed by atoms with van der Waals surface area (Å²) in [6.45, 7) is 6.57. The van der Waals surface area contributed by atoms with Gasteiger partial charge in [0.1, 0.15) is 5.75 Å². The average Bonchev–Trinajstić information content (AvgIpc) is 2.38. The van der Waals surface area contributed by atoms with Crippen LogP contribution in [0.5, 0.6) is 5.75 Å². The molecule has 0 spiro atoms. The maximum atomic E-state index is 11.9. The first kappa shape index (κ1) is 17.0. The Labute approximate surface area is 122 Å². The number of hydrogen-bond acceptors (Lipinski definition) is 4. The van der Waals surface area contributed by atoms with Crippen LogP contribution in [0.25, 0.3) is 0 Å². The first-order chi connectivity index (χ1) is 9.31. The molecular weight excluding hydrogens is 274 g/mol. The van der Waals surface area contributed by atoms with Crippen molar-refractivity contribution in [3.05, 3.63) is 29.3 Å². The Morgan fingerprint density at radius 3 is 2.45 bits per heavy atom. The molecule has 0 fully saturated rings. The molecule has 2 unspecified atom stereocenters. The minimum atomic E-state index is -3.10. The third kappa shape index (κ3) is 4.21. The van der Waals surface area contributed by atoms with E-state index in [1.165, 1.54) is 6.26 Å². The summed E-state index contributed by atoms with van der Waals surface area (Å²) in [5.74, 6) is 0.815. The van der Waals surface area contributed by atoms with Gasteiger partial charge in [0.2, 0.25) is 0 Å². The Morgan fingerprint density at radius 1 is 1.35 bits per heavy atom. The van der Waals surface area contributed by atoms with Gasteiger partial charge in [0.25, 0.3) is 0 Å². The molecule has 114 valence electrons. The highest BCUT2D eigenvalue weighted by Gasteiger charge is 2.27. The van der Waals surface area contributed by atoms with Crippen molar-refractivity contribution in [1.82, 2.24) is 5.32 Å². The topological polar surface area (TPSA) is 55.4 Å². The lowest BCUT2D eigenvalue weighted by Crippen LogP contribution is -2.35. The quantitative estimate of drug-likeness (QED) is 0.840. The fraction of sp³-hybridized carbons (Fsp3) is 0.600. The van der Waals surface area contributed by atoms with Crippen molar-refractivity contribution in [1.29, 1.82) is 0 Å². The third-order valence-corrected chi connectivity index (χ3v) is 5.16. The van der Waals surface area contributed by atoms with Crippen molar-refractivity contribution in [3.63, 3.8) is 0 Å². The molecule has 0 aliphatic heterocycles. The van der Waals surface area contributed by atoms with Gasteiger partial charge in [-0.15, -0.1) is 0 Å². The van der Waals surface area contributed by atoms with Gasteiger partial charge >= 0.3 is 0 Å². The molecule has 0 aliphatic rings. The number of hydrogen-bond donors (Lipinski definition) is 1. The van der Waals surface area contributed by atoms with Crippen molar-refractivity contribution < 1.29 is 13.2 Å². The highest BCUT2D eigenvalue weighted by Crippen LogP contribution is 2.26. The van der Waals surface area contributed by atoms with E-state index < -0.39 is 15.1 Å². The molecule has 0 saturated carbocycles. The molecule has 0 aliphatic carbocycles. The van der Waals surface area contributed by atoms with Crippen LogP contribution >= 0.6 is 0 Å². The van der Waals surface area contributed by atoms with Crippen LogP contribution < -0.4 is 10.1 Å². The van der Waals surface area contributed by atoms with Crippen LogP contribution in [0.2, 0.25) is 0 Å². The van der Waals surface area contributed by atoms with E-state index in [4.69, 9.17) is 4.74 Å².